The maximum atomic E-state index is 13.8. The number of aromatic nitrogens is 1. The molecular formula is C20H20FN3O2. The van der Waals surface area contributed by atoms with Crippen molar-refractivity contribution >= 4 is 11.8 Å². The van der Waals surface area contributed by atoms with Crippen LogP contribution in [0.4, 0.5) is 4.39 Å². The quantitative estimate of drug-likeness (QED) is 0.797. The smallest absolute Gasteiger partial charge is 0.273 e. The van der Waals surface area contributed by atoms with Crippen LogP contribution < -0.4 is 0 Å². The van der Waals surface area contributed by atoms with E-state index in [4.69, 9.17) is 0 Å². The molecule has 1 aliphatic heterocycles. The van der Waals surface area contributed by atoms with E-state index in [0.717, 1.165) is 12.8 Å². The Morgan fingerprint density at radius 2 is 1.73 bits per heavy atom. The number of hydrogen-bond acceptors (Lipinski definition) is 3. The van der Waals surface area contributed by atoms with Crippen molar-refractivity contribution in [1.29, 1.82) is 0 Å². The van der Waals surface area contributed by atoms with Gasteiger partial charge in [0.25, 0.3) is 5.91 Å². The number of pyridine rings is 1. The standard InChI is InChI=1S/C20H20FN3O2/c21-19-17(7-3-8-22-19)20(26)24-10-4-9-23(24)18(25)13-14-11-15-5-1-2-6-16(15)12-14/h1-3,5-8,14H,4,9-13H2. The Labute approximate surface area is 151 Å². The highest BCUT2D eigenvalue weighted by Crippen LogP contribution is 2.29. The fourth-order valence-electron chi connectivity index (χ4n) is 3.91. The van der Waals surface area contributed by atoms with E-state index in [2.05, 4.69) is 17.1 Å². The fraction of sp³-hybridized carbons (Fsp3) is 0.350. The van der Waals surface area contributed by atoms with Crippen LogP contribution in [0, 0.1) is 11.9 Å². The van der Waals surface area contributed by atoms with E-state index in [0.29, 0.717) is 25.9 Å². The van der Waals surface area contributed by atoms with E-state index in [-0.39, 0.29) is 17.4 Å². The van der Waals surface area contributed by atoms with Crippen molar-refractivity contribution in [2.45, 2.75) is 25.7 Å². The van der Waals surface area contributed by atoms with Gasteiger partial charge >= 0.3 is 0 Å². The Morgan fingerprint density at radius 3 is 2.42 bits per heavy atom. The fourth-order valence-corrected chi connectivity index (χ4v) is 3.91. The lowest BCUT2D eigenvalue weighted by Gasteiger charge is -2.28. The zero-order valence-corrected chi connectivity index (χ0v) is 14.4. The predicted molar refractivity (Wildman–Crippen MR) is 93.5 cm³/mol. The molecular weight excluding hydrogens is 333 g/mol. The van der Waals surface area contributed by atoms with Crippen molar-refractivity contribution in [3.63, 3.8) is 0 Å². The van der Waals surface area contributed by atoms with Gasteiger partial charge in [0.05, 0.1) is 5.56 Å². The first-order valence-corrected chi connectivity index (χ1v) is 8.93. The van der Waals surface area contributed by atoms with Crippen molar-refractivity contribution in [3.8, 4) is 0 Å². The summed E-state index contributed by atoms with van der Waals surface area (Å²) in [5, 5.41) is 2.85. The first-order valence-electron chi connectivity index (χ1n) is 8.93. The second kappa shape index (κ2) is 6.86. The molecule has 2 aromatic rings. The van der Waals surface area contributed by atoms with Gasteiger partial charge < -0.3 is 0 Å². The number of carbonyl (C=O) groups excluding carboxylic acids is 2. The molecule has 0 radical (unpaired) electrons. The van der Waals surface area contributed by atoms with Gasteiger partial charge in [-0.1, -0.05) is 24.3 Å². The molecule has 0 atom stereocenters. The lowest BCUT2D eigenvalue weighted by atomic mass is 10.0. The summed E-state index contributed by atoms with van der Waals surface area (Å²) in [5.41, 5.74) is 2.51. The first kappa shape index (κ1) is 16.7. The van der Waals surface area contributed by atoms with Gasteiger partial charge in [0.1, 0.15) is 0 Å². The first-order chi connectivity index (χ1) is 12.6. The van der Waals surface area contributed by atoms with E-state index in [1.54, 1.807) is 0 Å². The van der Waals surface area contributed by atoms with Crippen LogP contribution in [0.2, 0.25) is 0 Å². The normalized spacial score (nSPS) is 16.8. The molecule has 5 nitrogen and oxygen atoms in total. The predicted octanol–water partition coefficient (Wildman–Crippen LogP) is 2.62. The Bertz CT molecular complexity index is 829. The Kier molecular flexibility index (Phi) is 4.41. The van der Waals surface area contributed by atoms with E-state index < -0.39 is 11.9 Å². The lowest BCUT2D eigenvalue weighted by molar-refractivity contribution is -0.141. The van der Waals surface area contributed by atoms with Gasteiger partial charge in [0, 0.05) is 25.7 Å². The number of carbonyl (C=O) groups is 2. The number of benzene rings is 1. The van der Waals surface area contributed by atoms with Gasteiger partial charge in [-0.25, -0.2) is 9.99 Å². The van der Waals surface area contributed by atoms with Crippen molar-refractivity contribution in [1.82, 2.24) is 15.0 Å². The average molecular weight is 353 g/mol. The Balaban J connectivity index is 1.44. The number of amides is 2. The highest BCUT2D eigenvalue weighted by Gasteiger charge is 2.34. The molecule has 4 rings (SSSR count). The van der Waals surface area contributed by atoms with Crippen molar-refractivity contribution in [2.24, 2.45) is 5.92 Å². The monoisotopic (exact) mass is 353 g/mol. The van der Waals surface area contributed by atoms with Gasteiger partial charge in [0.15, 0.2) is 0 Å². The average Bonchev–Trinajstić information content (AvgIpc) is 3.28. The second-order valence-corrected chi connectivity index (χ2v) is 6.89. The minimum Gasteiger partial charge on any atom is -0.273 e. The maximum absolute atomic E-state index is 13.8. The number of nitrogens with zero attached hydrogens (tertiary/aromatic N) is 3. The van der Waals surface area contributed by atoms with Gasteiger partial charge in [-0.3, -0.25) is 14.6 Å². The van der Waals surface area contributed by atoms with E-state index in [1.807, 2.05) is 12.1 Å². The summed E-state index contributed by atoms with van der Waals surface area (Å²) in [4.78, 5) is 29.0. The van der Waals surface area contributed by atoms with Crippen LogP contribution in [-0.4, -0.2) is 39.9 Å². The van der Waals surface area contributed by atoms with Crippen LogP contribution >= 0.6 is 0 Å². The zero-order valence-electron chi connectivity index (χ0n) is 14.4. The molecule has 0 spiro atoms. The Morgan fingerprint density at radius 1 is 1.04 bits per heavy atom. The molecule has 134 valence electrons. The van der Waals surface area contributed by atoms with Gasteiger partial charge in [0.2, 0.25) is 11.9 Å². The minimum atomic E-state index is -0.803. The van der Waals surface area contributed by atoms with Gasteiger partial charge in [-0.15, -0.1) is 0 Å². The molecule has 6 heteroatoms. The van der Waals surface area contributed by atoms with Gasteiger partial charge in [-0.2, -0.15) is 4.39 Å². The lowest BCUT2D eigenvalue weighted by Crippen LogP contribution is -2.45. The van der Waals surface area contributed by atoms with E-state index in [9.17, 15) is 14.0 Å². The summed E-state index contributed by atoms with van der Waals surface area (Å²) in [6.07, 6.45) is 4.18. The molecule has 26 heavy (non-hydrogen) atoms. The molecule has 1 aromatic heterocycles. The van der Waals surface area contributed by atoms with Crippen LogP contribution in [0.1, 0.15) is 34.3 Å². The number of fused-ring (bicyclic) bond motifs is 1. The molecule has 0 bridgehead atoms. The molecule has 0 unspecified atom stereocenters. The summed E-state index contributed by atoms with van der Waals surface area (Å²) < 4.78 is 13.8. The molecule has 0 N–H and O–H groups in total. The zero-order chi connectivity index (χ0) is 18.1. The summed E-state index contributed by atoms with van der Waals surface area (Å²) in [7, 11) is 0. The third-order valence-electron chi connectivity index (χ3n) is 5.14. The summed E-state index contributed by atoms with van der Waals surface area (Å²) in [6, 6.07) is 11.2. The number of rotatable bonds is 3. The molecule has 2 heterocycles. The van der Waals surface area contributed by atoms with Crippen molar-refractivity contribution in [3.05, 3.63) is 65.2 Å². The number of hydrogen-bond donors (Lipinski definition) is 0. The van der Waals surface area contributed by atoms with E-state index in [1.165, 1.54) is 39.5 Å². The van der Waals surface area contributed by atoms with Crippen LogP contribution in [0.15, 0.2) is 42.6 Å². The SMILES string of the molecule is O=C(CC1Cc2ccccc2C1)N1CCCN1C(=O)c1cccnc1F. The largest absolute Gasteiger partial charge is 0.277 e. The Hall–Kier alpha value is -2.76. The highest BCUT2D eigenvalue weighted by atomic mass is 19.1. The molecule has 1 aromatic carbocycles. The summed E-state index contributed by atoms with van der Waals surface area (Å²) in [5.74, 6) is -1.12. The molecule has 1 fully saturated rings. The maximum Gasteiger partial charge on any atom is 0.277 e. The molecule has 1 aliphatic carbocycles. The second-order valence-electron chi connectivity index (χ2n) is 6.89. The summed E-state index contributed by atoms with van der Waals surface area (Å²) in [6.45, 7) is 0.913. The van der Waals surface area contributed by atoms with Crippen LogP contribution in [0.25, 0.3) is 0 Å². The number of halogens is 1. The molecule has 2 amide bonds. The van der Waals surface area contributed by atoms with Crippen molar-refractivity contribution in [2.75, 3.05) is 13.1 Å². The third-order valence-corrected chi connectivity index (χ3v) is 5.14. The van der Waals surface area contributed by atoms with Crippen LogP contribution in [-0.2, 0) is 17.6 Å². The van der Waals surface area contributed by atoms with E-state index >= 15 is 0 Å². The molecule has 0 saturated carbocycles. The van der Waals surface area contributed by atoms with Crippen molar-refractivity contribution < 1.29 is 14.0 Å². The number of hydrazine groups is 1. The molecule has 1 saturated heterocycles. The van der Waals surface area contributed by atoms with Gasteiger partial charge in [-0.05, 0) is 48.4 Å². The highest BCUT2D eigenvalue weighted by molar-refractivity contribution is 5.95. The molecule has 2 aliphatic rings. The third kappa shape index (κ3) is 3.07. The summed E-state index contributed by atoms with van der Waals surface area (Å²) >= 11 is 0. The topological polar surface area (TPSA) is 53.5 Å². The van der Waals surface area contributed by atoms with Crippen LogP contribution in [0.3, 0.4) is 0 Å². The van der Waals surface area contributed by atoms with Crippen LogP contribution in [0.5, 0.6) is 0 Å². The minimum absolute atomic E-state index is 0.0713.